The van der Waals surface area contributed by atoms with Crippen molar-refractivity contribution in [2.24, 2.45) is 0 Å². The minimum absolute atomic E-state index is 0.681. The molecule has 0 saturated carbocycles. The summed E-state index contributed by atoms with van der Waals surface area (Å²) < 4.78 is 1.84. The van der Waals surface area contributed by atoms with Crippen molar-refractivity contribution in [2.45, 2.75) is 20.3 Å². The first kappa shape index (κ1) is 12.4. The van der Waals surface area contributed by atoms with Crippen LogP contribution in [0.1, 0.15) is 18.2 Å². The number of H-pyrrole nitrogens is 1. The molecule has 3 nitrogen and oxygen atoms in total. The van der Waals surface area contributed by atoms with Crippen molar-refractivity contribution < 1.29 is 0 Å². The largest absolute Gasteiger partial charge is 0.343 e. The third-order valence-corrected chi connectivity index (χ3v) is 4.35. The van der Waals surface area contributed by atoms with Crippen molar-refractivity contribution in [1.29, 1.82) is 0 Å². The first-order valence-electron chi connectivity index (χ1n) is 6.12. The zero-order valence-corrected chi connectivity index (χ0v) is 12.4. The lowest BCUT2D eigenvalue weighted by Crippen LogP contribution is -1.99. The molecule has 19 heavy (non-hydrogen) atoms. The summed E-state index contributed by atoms with van der Waals surface area (Å²) in [6, 6.07) is 4.12. The van der Waals surface area contributed by atoms with Crippen molar-refractivity contribution >= 4 is 33.8 Å². The van der Waals surface area contributed by atoms with Gasteiger partial charge in [-0.15, -0.1) is 11.3 Å². The number of aromatic amines is 1. The number of hydrogen-bond acceptors (Lipinski definition) is 4. The van der Waals surface area contributed by atoms with Crippen LogP contribution in [0.25, 0.3) is 21.6 Å². The van der Waals surface area contributed by atoms with Crippen LogP contribution in [0.2, 0.25) is 0 Å². The first-order chi connectivity index (χ1) is 9.19. The van der Waals surface area contributed by atoms with Crippen LogP contribution in [0.4, 0.5) is 0 Å². The SMILES string of the molecule is CCc1c(C)[nH]c(-c2cnc3ccsc3c2)nc1=S. The van der Waals surface area contributed by atoms with Crippen LogP contribution in [0.15, 0.2) is 23.7 Å². The number of rotatable bonds is 2. The monoisotopic (exact) mass is 287 g/mol. The van der Waals surface area contributed by atoms with Gasteiger partial charge >= 0.3 is 0 Å². The quantitative estimate of drug-likeness (QED) is 0.715. The Kier molecular flexibility index (Phi) is 3.16. The van der Waals surface area contributed by atoms with Crippen LogP contribution in [0.5, 0.6) is 0 Å². The molecule has 0 aromatic carbocycles. The molecule has 3 heterocycles. The van der Waals surface area contributed by atoms with E-state index in [0.717, 1.165) is 39.3 Å². The van der Waals surface area contributed by atoms with Gasteiger partial charge in [0.25, 0.3) is 0 Å². The molecule has 0 aliphatic heterocycles. The maximum absolute atomic E-state index is 5.36. The number of nitrogens with one attached hydrogen (secondary N) is 1. The van der Waals surface area contributed by atoms with E-state index in [9.17, 15) is 0 Å². The number of thiophene rings is 1. The van der Waals surface area contributed by atoms with Crippen LogP contribution < -0.4 is 0 Å². The number of hydrogen-bond donors (Lipinski definition) is 1. The van der Waals surface area contributed by atoms with E-state index < -0.39 is 0 Å². The Bertz CT molecular complexity index is 802. The van der Waals surface area contributed by atoms with E-state index in [1.54, 1.807) is 11.3 Å². The van der Waals surface area contributed by atoms with Gasteiger partial charge in [0.05, 0.1) is 10.2 Å². The zero-order valence-electron chi connectivity index (χ0n) is 10.7. The lowest BCUT2D eigenvalue weighted by molar-refractivity contribution is 0.989. The second-order valence-electron chi connectivity index (χ2n) is 4.38. The predicted molar refractivity (Wildman–Crippen MR) is 82.2 cm³/mol. The van der Waals surface area contributed by atoms with Gasteiger partial charge in [-0.25, -0.2) is 4.98 Å². The van der Waals surface area contributed by atoms with Gasteiger partial charge in [-0.1, -0.05) is 19.1 Å². The molecule has 0 saturated heterocycles. The van der Waals surface area contributed by atoms with Crippen molar-refractivity contribution in [1.82, 2.24) is 15.0 Å². The third-order valence-electron chi connectivity index (χ3n) is 3.16. The minimum atomic E-state index is 0.681. The minimum Gasteiger partial charge on any atom is -0.343 e. The molecular weight excluding hydrogens is 274 g/mol. The molecule has 0 bridgehead atoms. The molecular formula is C14H13N3S2. The van der Waals surface area contributed by atoms with Gasteiger partial charge in [-0.2, -0.15) is 0 Å². The van der Waals surface area contributed by atoms with Gasteiger partial charge in [0.2, 0.25) is 0 Å². The highest BCUT2D eigenvalue weighted by molar-refractivity contribution is 7.71. The van der Waals surface area contributed by atoms with Gasteiger partial charge in [0.1, 0.15) is 10.5 Å². The normalized spacial score (nSPS) is 11.1. The summed E-state index contributed by atoms with van der Waals surface area (Å²) in [4.78, 5) is 12.3. The number of pyridine rings is 1. The van der Waals surface area contributed by atoms with Crippen molar-refractivity contribution in [3.63, 3.8) is 0 Å². The molecule has 0 spiro atoms. The van der Waals surface area contributed by atoms with Crippen LogP contribution in [-0.4, -0.2) is 15.0 Å². The molecule has 3 rings (SSSR count). The molecule has 3 aromatic rings. The van der Waals surface area contributed by atoms with E-state index in [-0.39, 0.29) is 0 Å². The van der Waals surface area contributed by atoms with Crippen molar-refractivity contribution in [3.05, 3.63) is 39.6 Å². The third kappa shape index (κ3) is 2.19. The molecule has 5 heteroatoms. The van der Waals surface area contributed by atoms with Crippen LogP contribution in [0.3, 0.4) is 0 Å². The highest BCUT2D eigenvalue weighted by Gasteiger charge is 2.07. The van der Waals surface area contributed by atoms with Crippen LogP contribution >= 0.6 is 23.6 Å². The molecule has 1 N–H and O–H groups in total. The highest BCUT2D eigenvalue weighted by Crippen LogP contribution is 2.24. The van der Waals surface area contributed by atoms with E-state index >= 15 is 0 Å². The molecule has 96 valence electrons. The van der Waals surface area contributed by atoms with Crippen LogP contribution in [-0.2, 0) is 6.42 Å². The Labute approximate surface area is 120 Å². The summed E-state index contributed by atoms with van der Waals surface area (Å²) in [5.41, 5.74) is 4.20. The molecule has 0 aliphatic rings. The average Bonchev–Trinajstić information content (AvgIpc) is 2.85. The molecule has 0 radical (unpaired) electrons. The van der Waals surface area contributed by atoms with Gasteiger partial charge in [0.15, 0.2) is 0 Å². The molecule has 0 fully saturated rings. The van der Waals surface area contributed by atoms with Gasteiger partial charge < -0.3 is 4.98 Å². The topological polar surface area (TPSA) is 41.6 Å². The fourth-order valence-electron chi connectivity index (χ4n) is 2.14. The maximum atomic E-state index is 5.36. The predicted octanol–water partition coefficient (Wildman–Crippen LogP) is 4.29. The highest BCUT2D eigenvalue weighted by atomic mass is 32.1. The zero-order chi connectivity index (χ0) is 13.4. The summed E-state index contributed by atoms with van der Waals surface area (Å²) in [7, 11) is 0. The Morgan fingerprint density at radius 1 is 1.42 bits per heavy atom. The summed E-state index contributed by atoms with van der Waals surface area (Å²) in [5.74, 6) is 0.794. The van der Waals surface area contributed by atoms with Crippen molar-refractivity contribution in [3.8, 4) is 11.4 Å². The summed E-state index contributed by atoms with van der Waals surface area (Å²) in [6.07, 6.45) is 2.74. The molecule has 0 amide bonds. The lowest BCUT2D eigenvalue weighted by Gasteiger charge is -2.07. The molecule has 0 atom stereocenters. The molecule has 0 aliphatic carbocycles. The van der Waals surface area contributed by atoms with E-state index in [1.165, 1.54) is 0 Å². The van der Waals surface area contributed by atoms with Gasteiger partial charge in [0, 0.05) is 23.0 Å². The second-order valence-corrected chi connectivity index (χ2v) is 5.71. The number of fused-ring (bicyclic) bond motifs is 1. The average molecular weight is 287 g/mol. The standard InChI is InChI=1S/C14H13N3S2/c1-3-10-8(2)16-13(17-14(10)18)9-6-12-11(15-7-9)4-5-19-12/h4-7H,3H2,1-2H3,(H,16,17,18). The Morgan fingerprint density at radius 3 is 3.00 bits per heavy atom. The Hall–Kier alpha value is -1.59. The van der Waals surface area contributed by atoms with E-state index in [4.69, 9.17) is 12.2 Å². The fraction of sp³-hybridized carbons (Fsp3) is 0.214. The van der Waals surface area contributed by atoms with Gasteiger partial charge in [-0.3, -0.25) is 4.98 Å². The lowest BCUT2D eigenvalue weighted by atomic mass is 10.2. The maximum Gasteiger partial charge on any atom is 0.140 e. The summed E-state index contributed by atoms with van der Waals surface area (Å²) in [6.45, 7) is 4.13. The Morgan fingerprint density at radius 2 is 2.26 bits per heavy atom. The van der Waals surface area contributed by atoms with E-state index in [1.807, 2.05) is 24.6 Å². The summed E-state index contributed by atoms with van der Waals surface area (Å²) >= 11 is 7.04. The van der Waals surface area contributed by atoms with Gasteiger partial charge in [-0.05, 0) is 30.9 Å². The fourth-order valence-corrected chi connectivity index (χ4v) is 3.31. The number of aromatic nitrogens is 3. The summed E-state index contributed by atoms with van der Waals surface area (Å²) in [5, 5.41) is 2.04. The number of nitrogens with zero attached hydrogens (tertiary/aromatic N) is 2. The van der Waals surface area contributed by atoms with Crippen molar-refractivity contribution in [2.75, 3.05) is 0 Å². The smallest absolute Gasteiger partial charge is 0.140 e. The first-order valence-corrected chi connectivity index (χ1v) is 7.41. The second kappa shape index (κ2) is 4.83. The van der Waals surface area contributed by atoms with E-state index in [2.05, 4.69) is 27.9 Å². The van der Waals surface area contributed by atoms with Crippen LogP contribution in [0, 0.1) is 11.6 Å². The van der Waals surface area contributed by atoms with E-state index in [0.29, 0.717) is 4.64 Å². The molecule has 3 aromatic heterocycles. The number of aryl methyl sites for hydroxylation is 1. The Balaban J connectivity index is 2.18. The molecule has 0 unspecified atom stereocenters.